The van der Waals surface area contributed by atoms with E-state index in [0.717, 1.165) is 11.1 Å². The molecule has 1 aliphatic rings. The van der Waals surface area contributed by atoms with Gasteiger partial charge >= 0.3 is 0 Å². The standard InChI is InChI=1S/C30H25NO5/c1-20-15-16-25(36-20)28(32)26-27(31(30(34)29(26)33)18-21-9-4-2-5-10-21)23-13-8-14-24(17-23)35-19-22-11-6-3-7-12-22/h2-17,27,33H,18-19H2,1H3/t27-/m1/s1. The van der Waals surface area contributed by atoms with Crippen molar-refractivity contribution >= 4 is 11.7 Å². The summed E-state index contributed by atoms with van der Waals surface area (Å²) in [5, 5.41) is 10.9. The van der Waals surface area contributed by atoms with Gasteiger partial charge in [-0.15, -0.1) is 0 Å². The molecule has 0 radical (unpaired) electrons. The number of hydrogen-bond acceptors (Lipinski definition) is 5. The van der Waals surface area contributed by atoms with Crippen LogP contribution in [-0.2, 0) is 17.9 Å². The second-order valence-corrected chi connectivity index (χ2v) is 8.67. The van der Waals surface area contributed by atoms with Crippen LogP contribution in [0.1, 0.15) is 39.0 Å². The highest BCUT2D eigenvalue weighted by molar-refractivity contribution is 6.15. The first kappa shape index (κ1) is 23.2. The van der Waals surface area contributed by atoms with Gasteiger partial charge < -0.3 is 19.2 Å². The van der Waals surface area contributed by atoms with Gasteiger partial charge in [-0.1, -0.05) is 72.8 Å². The predicted octanol–water partition coefficient (Wildman–Crippen LogP) is 5.95. The lowest BCUT2D eigenvalue weighted by Crippen LogP contribution is -2.30. The van der Waals surface area contributed by atoms with Crippen LogP contribution in [0.5, 0.6) is 5.75 Å². The van der Waals surface area contributed by atoms with Crippen molar-refractivity contribution in [1.29, 1.82) is 0 Å². The molecule has 0 fully saturated rings. The molecule has 0 unspecified atom stereocenters. The van der Waals surface area contributed by atoms with E-state index in [1.165, 1.54) is 4.90 Å². The summed E-state index contributed by atoms with van der Waals surface area (Å²) in [6.45, 7) is 2.33. The molecule has 1 N–H and O–H groups in total. The summed E-state index contributed by atoms with van der Waals surface area (Å²) in [5.41, 5.74) is 2.54. The summed E-state index contributed by atoms with van der Waals surface area (Å²) in [5.74, 6) is -0.459. The summed E-state index contributed by atoms with van der Waals surface area (Å²) in [7, 11) is 0. The number of aliphatic hydroxyl groups excluding tert-OH is 1. The number of hydrogen-bond donors (Lipinski definition) is 1. The number of aryl methyl sites for hydroxylation is 1. The Balaban J connectivity index is 1.52. The number of Topliss-reactive ketones (excluding diaryl/α,β-unsaturated/α-hetero) is 1. The van der Waals surface area contributed by atoms with Crippen LogP contribution in [0.25, 0.3) is 0 Å². The summed E-state index contributed by atoms with van der Waals surface area (Å²) in [4.78, 5) is 28.2. The topological polar surface area (TPSA) is 80.0 Å². The van der Waals surface area contributed by atoms with Crippen molar-refractivity contribution in [3.05, 3.63) is 137 Å². The maximum absolute atomic E-state index is 13.5. The molecule has 1 aliphatic heterocycles. The van der Waals surface area contributed by atoms with Crippen LogP contribution in [0, 0.1) is 6.92 Å². The molecule has 4 aromatic rings. The second kappa shape index (κ2) is 9.96. The Morgan fingerprint density at radius 3 is 2.28 bits per heavy atom. The van der Waals surface area contributed by atoms with Gasteiger partial charge in [0.15, 0.2) is 11.5 Å². The molecule has 3 aromatic carbocycles. The SMILES string of the molecule is Cc1ccc(C(=O)C2=C(O)C(=O)N(Cc3ccccc3)[C@@H]2c2cccc(OCc3ccccc3)c2)o1. The summed E-state index contributed by atoms with van der Waals surface area (Å²) in [6.07, 6.45) is 0. The zero-order chi connectivity index (χ0) is 25.1. The average molecular weight is 480 g/mol. The van der Waals surface area contributed by atoms with Crippen LogP contribution in [0.3, 0.4) is 0 Å². The molecule has 6 heteroatoms. The molecule has 2 heterocycles. The zero-order valence-corrected chi connectivity index (χ0v) is 19.8. The molecular formula is C30H25NO5. The third-order valence-corrected chi connectivity index (χ3v) is 6.13. The number of nitrogens with zero attached hydrogens (tertiary/aromatic N) is 1. The fourth-order valence-electron chi connectivity index (χ4n) is 4.38. The fraction of sp³-hybridized carbons (Fsp3) is 0.133. The van der Waals surface area contributed by atoms with Gasteiger partial charge in [-0.05, 0) is 47.9 Å². The maximum Gasteiger partial charge on any atom is 0.290 e. The van der Waals surface area contributed by atoms with Gasteiger partial charge in [0.05, 0.1) is 11.6 Å². The summed E-state index contributed by atoms with van der Waals surface area (Å²) >= 11 is 0. The number of benzene rings is 3. The van der Waals surface area contributed by atoms with E-state index >= 15 is 0 Å². The zero-order valence-electron chi connectivity index (χ0n) is 19.8. The Labute approximate surface area is 209 Å². The molecule has 1 atom stereocenters. The molecule has 0 saturated heterocycles. The highest BCUT2D eigenvalue weighted by Gasteiger charge is 2.44. The van der Waals surface area contributed by atoms with E-state index in [2.05, 4.69) is 0 Å². The van der Waals surface area contributed by atoms with Crippen LogP contribution in [0.2, 0.25) is 0 Å². The Morgan fingerprint density at radius 1 is 0.917 bits per heavy atom. The minimum absolute atomic E-state index is 0.00881. The molecule has 0 spiro atoms. The number of amides is 1. The fourth-order valence-corrected chi connectivity index (χ4v) is 4.38. The van der Waals surface area contributed by atoms with Crippen molar-refractivity contribution in [1.82, 2.24) is 4.90 Å². The Bertz CT molecular complexity index is 1420. The highest BCUT2D eigenvalue weighted by Crippen LogP contribution is 2.41. The second-order valence-electron chi connectivity index (χ2n) is 8.67. The van der Waals surface area contributed by atoms with Crippen LogP contribution < -0.4 is 4.74 Å². The molecule has 0 bridgehead atoms. The first-order valence-electron chi connectivity index (χ1n) is 11.7. The number of ether oxygens (including phenoxy) is 1. The van der Waals surface area contributed by atoms with Crippen LogP contribution >= 0.6 is 0 Å². The van der Waals surface area contributed by atoms with Crippen molar-refractivity contribution in [3.63, 3.8) is 0 Å². The third kappa shape index (κ3) is 4.66. The molecule has 36 heavy (non-hydrogen) atoms. The van der Waals surface area contributed by atoms with E-state index in [1.54, 1.807) is 25.1 Å². The predicted molar refractivity (Wildman–Crippen MR) is 134 cm³/mol. The van der Waals surface area contributed by atoms with Gasteiger partial charge in [-0.25, -0.2) is 0 Å². The van der Waals surface area contributed by atoms with Gasteiger partial charge in [0.2, 0.25) is 5.78 Å². The molecule has 180 valence electrons. The van der Waals surface area contributed by atoms with Crippen molar-refractivity contribution in [2.24, 2.45) is 0 Å². The van der Waals surface area contributed by atoms with E-state index in [9.17, 15) is 14.7 Å². The van der Waals surface area contributed by atoms with Crippen molar-refractivity contribution in [2.75, 3.05) is 0 Å². The Kier molecular flexibility index (Phi) is 6.41. The van der Waals surface area contributed by atoms with E-state index < -0.39 is 23.5 Å². The lowest BCUT2D eigenvalue weighted by Gasteiger charge is -2.27. The first-order chi connectivity index (χ1) is 17.5. The molecule has 0 saturated carbocycles. The van der Waals surface area contributed by atoms with Gasteiger partial charge in [0.25, 0.3) is 5.91 Å². The molecule has 6 nitrogen and oxygen atoms in total. The number of carbonyl (C=O) groups excluding carboxylic acids is 2. The summed E-state index contributed by atoms with van der Waals surface area (Å²) in [6, 6.07) is 28.9. The molecule has 1 aromatic heterocycles. The van der Waals surface area contributed by atoms with Gasteiger partial charge in [0.1, 0.15) is 18.1 Å². The van der Waals surface area contributed by atoms with Crippen LogP contribution in [0.15, 0.2) is 113 Å². The number of rotatable bonds is 8. The lowest BCUT2D eigenvalue weighted by molar-refractivity contribution is -0.130. The Hall–Kier alpha value is -4.58. The van der Waals surface area contributed by atoms with Crippen LogP contribution in [-0.4, -0.2) is 21.7 Å². The van der Waals surface area contributed by atoms with Gasteiger partial charge in [0, 0.05) is 6.54 Å². The average Bonchev–Trinajstić information content (AvgIpc) is 3.45. The van der Waals surface area contributed by atoms with E-state index in [1.807, 2.05) is 78.9 Å². The van der Waals surface area contributed by atoms with E-state index in [4.69, 9.17) is 9.15 Å². The van der Waals surface area contributed by atoms with Gasteiger partial charge in [-0.3, -0.25) is 9.59 Å². The minimum Gasteiger partial charge on any atom is -0.503 e. The lowest BCUT2D eigenvalue weighted by atomic mass is 9.94. The van der Waals surface area contributed by atoms with Crippen molar-refractivity contribution in [3.8, 4) is 5.75 Å². The summed E-state index contributed by atoms with van der Waals surface area (Å²) < 4.78 is 11.5. The number of furan rings is 1. The number of aliphatic hydroxyl groups is 1. The molecule has 1 amide bonds. The van der Waals surface area contributed by atoms with Crippen molar-refractivity contribution < 1.29 is 23.8 Å². The van der Waals surface area contributed by atoms with Crippen molar-refractivity contribution in [2.45, 2.75) is 26.1 Å². The van der Waals surface area contributed by atoms with E-state index in [-0.39, 0.29) is 17.9 Å². The van der Waals surface area contributed by atoms with Crippen LogP contribution in [0.4, 0.5) is 0 Å². The first-order valence-corrected chi connectivity index (χ1v) is 11.7. The van der Waals surface area contributed by atoms with Gasteiger partial charge in [-0.2, -0.15) is 0 Å². The third-order valence-electron chi connectivity index (χ3n) is 6.13. The quantitative estimate of drug-likeness (QED) is 0.316. The maximum atomic E-state index is 13.5. The smallest absolute Gasteiger partial charge is 0.290 e. The molecule has 0 aliphatic carbocycles. The largest absolute Gasteiger partial charge is 0.503 e. The Morgan fingerprint density at radius 2 is 1.61 bits per heavy atom. The minimum atomic E-state index is -0.809. The number of carbonyl (C=O) groups is 2. The normalized spacial score (nSPS) is 15.4. The highest BCUT2D eigenvalue weighted by atomic mass is 16.5. The molecular weight excluding hydrogens is 454 g/mol. The van der Waals surface area contributed by atoms with E-state index in [0.29, 0.717) is 23.7 Å². The monoisotopic (exact) mass is 479 g/mol. The number of ketones is 1. The molecule has 5 rings (SSSR count).